The van der Waals surface area contributed by atoms with E-state index in [0.29, 0.717) is 22.5 Å². The van der Waals surface area contributed by atoms with Crippen LogP contribution in [0.2, 0.25) is 0 Å². The fourth-order valence-corrected chi connectivity index (χ4v) is 1.81. The van der Waals surface area contributed by atoms with Gasteiger partial charge in [-0.2, -0.15) is 0 Å². The first-order chi connectivity index (χ1) is 7.47. The lowest BCUT2D eigenvalue weighted by molar-refractivity contribution is 0.183. The van der Waals surface area contributed by atoms with E-state index in [4.69, 9.17) is 10.5 Å². The van der Waals surface area contributed by atoms with Gasteiger partial charge in [0.15, 0.2) is 0 Å². The zero-order chi connectivity index (χ0) is 12.3. The molecule has 90 valence electrons. The van der Waals surface area contributed by atoms with E-state index in [9.17, 15) is 4.39 Å². The largest absolute Gasteiger partial charge is 0.397 e. The highest BCUT2D eigenvalue weighted by Gasteiger charge is 2.14. The lowest BCUT2D eigenvalue weighted by Crippen LogP contribution is -2.33. The summed E-state index contributed by atoms with van der Waals surface area (Å²) in [4.78, 5) is 1.90. The van der Waals surface area contributed by atoms with Gasteiger partial charge in [-0.3, -0.25) is 0 Å². The highest BCUT2D eigenvalue weighted by molar-refractivity contribution is 9.10. The third kappa shape index (κ3) is 2.86. The number of hydrogen-bond acceptors (Lipinski definition) is 3. The van der Waals surface area contributed by atoms with Gasteiger partial charge in [0.25, 0.3) is 0 Å². The fraction of sp³-hybridized carbons (Fsp3) is 0.455. The standard InChI is InChI=1S/C11H16BrFN2O/c1-7(6-16-3)15(2)11-5-9(13)8(12)4-10(11)14/h4-5,7H,6,14H2,1-3H3. The zero-order valence-electron chi connectivity index (χ0n) is 9.63. The molecule has 0 aliphatic carbocycles. The molecule has 0 fully saturated rings. The molecule has 0 aliphatic rings. The molecule has 1 rings (SSSR count). The molecule has 5 heteroatoms. The van der Waals surface area contributed by atoms with Gasteiger partial charge < -0.3 is 15.4 Å². The minimum Gasteiger partial charge on any atom is -0.397 e. The van der Waals surface area contributed by atoms with Crippen LogP contribution in [0.3, 0.4) is 0 Å². The molecule has 0 saturated heterocycles. The minimum absolute atomic E-state index is 0.132. The van der Waals surface area contributed by atoms with Crippen molar-refractivity contribution in [2.24, 2.45) is 0 Å². The Kier molecular flexibility index (Phi) is 4.56. The molecule has 0 heterocycles. The third-order valence-corrected chi connectivity index (χ3v) is 3.13. The van der Waals surface area contributed by atoms with Crippen LogP contribution in [0.5, 0.6) is 0 Å². The maximum Gasteiger partial charge on any atom is 0.139 e. The Bertz CT molecular complexity index is 373. The predicted octanol–water partition coefficient (Wildman–Crippen LogP) is 2.64. The molecule has 16 heavy (non-hydrogen) atoms. The molecule has 0 saturated carbocycles. The van der Waals surface area contributed by atoms with Crippen molar-refractivity contribution in [3.63, 3.8) is 0 Å². The van der Waals surface area contributed by atoms with Crippen LogP contribution >= 0.6 is 15.9 Å². The Balaban J connectivity index is 2.99. The Labute approximate surface area is 104 Å². The van der Waals surface area contributed by atoms with Gasteiger partial charge in [-0.25, -0.2) is 4.39 Å². The van der Waals surface area contributed by atoms with Crippen LogP contribution in [0.4, 0.5) is 15.8 Å². The van der Waals surface area contributed by atoms with Crippen molar-refractivity contribution < 1.29 is 9.13 Å². The first-order valence-corrected chi connectivity index (χ1v) is 5.73. The summed E-state index contributed by atoms with van der Waals surface area (Å²) in [6, 6.07) is 3.12. The summed E-state index contributed by atoms with van der Waals surface area (Å²) in [6.07, 6.45) is 0. The number of hydrogen-bond donors (Lipinski definition) is 1. The molecule has 1 atom stereocenters. The van der Waals surface area contributed by atoms with Gasteiger partial charge in [0.1, 0.15) is 5.82 Å². The Morgan fingerprint density at radius 3 is 2.75 bits per heavy atom. The molecule has 1 unspecified atom stereocenters. The molecule has 1 aromatic carbocycles. The van der Waals surface area contributed by atoms with Crippen LogP contribution in [0, 0.1) is 5.82 Å². The molecule has 0 spiro atoms. The van der Waals surface area contributed by atoms with Gasteiger partial charge in [-0.05, 0) is 28.9 Å². The highest BCUT2D eigenvalue weighted by atomic mass is 79.9. The maximum absolute atomic E-state index is 13.4. The molecule has 3 nitrogen and oxygen atoms in total. The average Bonchev–Trinajstić information content (AvgIpc) is 2.23. The molecular weight excluding hydrogens is 275 g/mol. The quantitative estimate of drug-likeness (QED) is 0.867. The van der Waals surface area contributed by atoms with Gasteiger partial charge >= 0.3 is 0 Å². The van der Waals surface area contributed by atoms with Crippen molar-refractivity contribution >= 4 is 27.3 Å². The summed E-state index contributed by atoms with van der Waals surface area (Å²) in [5.74, 6) is -0.319. The van der Waals surface area contributed by atoms with Gasteiger partial charge in [0.2, 0.25) is 0 Å². The van der Waals surface area contributed by atoms with Gasteiger partial charge in [0.05, 0.1) is 22.5 Å². The van der Waals surface area contributed by atoms with E-state index in [-0.39, 0.29) is 11.9 Å². The second-order valence-corrected chi connectivity index (χ2v) is 4.59. The summed E-state index contributed by atoms with van der Waals surface area (Å²) >= 11 is 3.10. The number of nitrogens with two attached hydrogens (primary N) is 1. The number of nitrogen functional groups attached to an aromatic ring is 1. The van der Waals surface area contributed by atoms with Gasteiger partial charge in [-0.15, -0.1) is 0 Å². The number of ether oxygens (including phenoxy) is 1. The summed E-state index contributed by atoms with van der Waals surface area (Å²) in [6.45, 7) is 2.55. The number of benzene rings is 1. The predicted molar refractivity (Wildman–Crippen MR) is 68.3 cm³/mol. The number of halogens is 2. The molecule has 0 aliphatic heterocycles. The summed E-state index contributed by atoms with van der Waals surface area (Å²) in [5.41, 5.74) is 7.06. The van der Waals surface area contributed by atoms with Crippen LogP contribution in [0.15, 0.2) is 16.6 Å². The topological polar surface area (TPSA) is 38.5 Å². The molecule has 0 amide bonds. The average molecular weight is 291 g/mol. The number of nitrogens with zero attached hydrogens (tertiary/aromatic N) is 1. The normalized spacial score (nSPS) is 12.6. The maximum atomic E-state index is 13.4. The van der Waals surface area contributed by atoms with Crippen LogP contribution in [0.25, 0.3) is 0 Å². The van der Waals surface area contributed by atoms with Crippen molar-refractivity contribution in [3.05, 3.63) is 22.4 Å². The van der Waals surface area contributed by atoms with Gasteiger partial charge in [0, 0.05) is 26.3 Å². The molecule has 0 bridgehead atoms. The highest BCUT2D eigenvalue weighted by Crippen LogP contribution is 2.29. The van der Waals surface area contributed by atoms with Crippen molar-refractivity contribution in [3.8, 4) is 0 Å². The van der Waals surface area contributed by atoms with Crippen molar-refractivity contribution in [2.45, 2.75) is 13.0 Å². The van der Waals surface area contributed by atoms with E-state index in [1.807, 2.05) is 18.9 Å². The monoisotopic (exact) mass is 290 g/mol. The summed E-state index contributed by atoms with van der Waals surface area (Å²) in [5, 5.41) is 0. The third-order valence-electron chi connectivity index (χ3n) is 2.52. The van der Waals surface area contributed by atoms with E-state index >= 15 is 0 Å². The van der Waals surface area contributed by atoms with Crippen LogP contribution in [0.1, 0.15) is 6.92 Å². The first kappa shape index (κ1) is 13.3. The zero-order valence-corrected chi connectivity index (χ0v) is 11.2. The van der Waals surface area contributed by atoms with Crippen LogP contribution in [-0.4, -0.2) is 26.8 Å². The molecule has 0 radical (unpaired) electrons. The van der Waals surface area contributed by atoms with E-state index in [2.05, 4.69) is 15.9 Å². The fourth-order valence-electron chi connectivity index (χ4n) is 1.45. The number of anilines is 2. The number of methoxy groups -OCH3 is 1. The second-order valence-electron chi connectivity index (χ2n) is 3.74. The van der Waals surface area contributed by atoms with E-state index in [1.165, 1.54) is 6.07 Å². The smallest absolute Gasteiger partial charge is 0.139 e. The van der Waals surface area contributed by atoms with Gasteiger partial charge in [-0.1, -0.05) is 0 Å². The van der Waals surface area contributed by atoms with Crippen molar-refractivity contribution in [1.29, 1.82) is 0 Å². The lowest BCUT2D eigenvalue weighted by atomic mass is 10.2. The Morgan fingerprint density at radius 1 is 1.56 bits per heavy atom. The SMILES string of the molecule is COCC(C)N(C)c1cc(F)c(Br)cc1N. The summed E-state index contributed by atoms with van der Waals surface area (Å²) < 4.78 is 18.8. The summed E-state index contributed by atoms with van der Waals surface area (Å²) in [7, 11) is 3.50. The van der Waals surface area contributed by atoms with Crippen LogP contribution < -0.4 is 10.6 Å². The molecule has 0 aromatic heterocycles. The lowest BCUT2D eigenvalue weighted by Gasteiger charge is -2.27. The van der Waals surface area contributed by atoms with Crippen molar-refractivity contribution in [1.82, 2.24) is 0 Å². The van der Waals surface area contributed by atoms with Crippen LogP contribution in [-0.2, 0) is 4.74 Å². The Hall–Kier alpha value is -0.810. The molecular formula is C11H16BrFN2O. The minimum atomic E-state index is -0.319. The van der Waals surface area contributed by atoms with E-state index < -0.39 is 0 Å². The van der Waals surface area contributed by atoms with E-state index in [0.717, 1.165) is 0 Å². The Morgan fingerprint density at radius 2 is 2.19 bits per heavy atom. The number of rotatable bonds is 4. The molecule has 1 aromatic rings. The first-order valence-electron chi connectivity index (χ1n) is 4.93. The second kappa shape index (κ2) is 5.50. The van der Waals surface area contributed by atoms with E-state index in [1.54, 1.807) is 13.2 Å². The number of likely N-dealkylation sites (N-methyl/N-ethyl adjacent to an activating group) is 1. The molecule has 2 N–H and O–H groups in total. The van der Waals surface area contributed by atoms with Crippen molar-refractivity contribution in [2.75, 3.05) is 31.4 Å².